The maximum atomic E-state index is 13.6. The lowest BCUT2D eigenvalue weighted by atomic mass is 10.1. The first kappa shape index (κ1) is 26.4. The quantitative estimate of drug-likeness (QED) is 0.342. The number of morpholine rings is 1. The second-order valence-corrected chi connectivity index (χ2v) is 11.0. The molecule has 1 aliphatic heterocycles. The van der Waals surface area contributed by atoms with Gasteiger partial charge in [0.15, 0.2) is 11.5 Å². The van der Waals surface area contributed by atoms with E-state index < -0.39 is 11.4 Å². The average Bonchev–Trinajstić information content (AvgIpc) is 3.38. The van der Waals surface area contributed by atoms with E-state index in [2.05, 4.69) is 15.3 Å². The summed E-state index contributed by atoms with van der Waals surface area (Å²) < 4.78 is 31.5. The van der Waals surface area contributed by atoms with Crippen LogP contribution >= 0.6 is 11.6 Å². The van der Waals surface area contributed by atoms with Crippen molar-refractivity contribution in [3.8, 4) is 11.5 Å². The molecule has 3 aromatic rings. The Kier molecular flexibility index (Phi) is 7.85. The molecule has 0 spiro atoms. The predicted octanol–water partition coefficient (Wildman–Crippen LogP) is 5.75. The molecule has 2 heterocycles. The van der Waals surface area contributed by atoms with E-state index in [-0.39, 0.29) is 17.5 Å². The van der Waals surface area contributed by atoms with Crippen molar-refractivity contribution >= 4 is 40.0 Å². The molecular formula is C28H32ClFN4O4. The zero-order valence-corrected chi connectivity index (χ0v) is 22.4. The van der Waals surface area contributed by atoms with Crippen molar-refractivity contribution in [2.45, 2.75) is 45.1 Å². The maximum Gasteiger partial charge on any atom is 0.320 e. The van der Waals surface area contributed by atoms with Gasteiger partial charge in [0.2, 0.25) is 0 Å². The zero-order chi connectivity index (χ0) is 26.7. The number of cyclic esters (lactones) is 1. The van der Waals surface area contributed by atoms with Crippen molar-refractivity contribution < 1.29 is 23.4 Å². The molecule has 0 unspecified atom stereocenters. The Labute approximate surface area is 226 Å². The fourth-order valence-corrected chi connectivity index (χ4v) is 5.26. The number of hydrogen-bond acceptors (Lipinski definition) is 8. The first-order chi connectivity index (χ1) is 18.3. The van der Waals surface area contributed by atoms with Crippen LogP contribution in [0.2, 0.25) is 5.02 Å². The van der Waals surface area contributed by atoms with E-state index in [1.165, 1.54) is 44.1 Å². The Balaban J connectivity index is 1.38. The number of esters is 1. The minimum atomic E-state index is -0.533. The molecule has 0 bridgehead atoms. The minimum absolute atomic E-state index is 0.0183. The van der Waals surface area contributed by atoms with Gasteiger partial charge in [-0.2, -0.15) is 0 Å². The van der Waals surface area contributed by atoms with E-state index in [1.807, 2.05) is 30.9 Å². The summed E-state index contributed by atoms with van der Waals surface area (Å²) in [5.74, 6) is 1.54. The van der Waals surface area contributed by atoms with Crippen LogP contribution in [0, 0.1) is 11.7 Å². The summed E-state index contributed by atoms with van der Waals surface area (Å²) in [4.78, 5) is 22.9. The molecule has 2 aromatic carbocycles. The number of aromatic nitrogens is 2. The molecule has 38 heavy (non-hydrogen) atoms. The minimum Gasteiger partial charge on any atom is -0.489 e. The van der Waals surface area contributed by atoms with Gasteiger partial charge < -0.3 is 19.5 Å². The van der Waals surface area contributed by atoms with Gasteiger partial charge in [0.05, 0.1) is 23.7 Å². The predicted molar refractivity (Wildman–Crippen MR) is 144 cm³/mol. The molecule has 2 aliphatic rings. The summed E-state index contributed by atoms with van der Waals surface area (Å²) in [5.41, 5.74) is 0.750. The summed E-state index contributed by atoms with van der Waals surface area (Å²) in [7, 11) is 0. The summed E-state index contributed by atoms with van der Waals surface area (Å²) in [6.07, 6.45) is 6.27. The lowest BCUT2D eigenvalue weighted by molar-refractivity contribution is -0.169. The highest BCUT2D eigenvalue weighted by Gasteiger charge is 2.32. The van der Waals surface area contributed by atoms with Gasteiger partial charge in [0.1, 0.15) is 30.2 Å². The smallest absolute Gasteiger partial charge is 0.320 e. The number of benzene rings is 2. The van der Waals surface area contributed by atoms with Gasteiger partial charge in [0.25, 0.3) is 0 Å². The average molecular weight is 543 g/mol. The van der Waals surface area contributed by atoms with Crippen LogP contribution in [0.5, 0.6) is 11.5 Å². The molecule has 1 aromatic heterocycles. The molecule has 202 valence electrons. The van der Waals surface area contributed by atoms with E-state index in [0.29, 0.717) is 60.7 Å². The number of fused-ring (bicyclic) bond motifs is 1. The van der Waals surface area contributed by atoms with Crippen molar-refractivity contribution in [2.75, 3.05) is 38.2 Å². The van der Waals surface area contributed by atoms with Crippen LogP contribution in [0.1, 0.15) is 39.5 Å². The third-order valence-corrected chi connectivity index (χ3v) is 7.13. The number of carbonyl (C=O) groups excluding carboxylic acids is 1. The number of nitrogens with one attached hydrogen (secondary N) is 1. The second kappa shape index (κ2) is 11.3. The topological polar surface area (TPSA) is 85.8 Å². The van der Waals surface area contributed by atoms with Crippen molar-refractivity contribution in [1.82, 2.24) is 14.9 Å². The molecule has 0 radical (unpaired) electrons. The van der Waals surface area contributed by atoms with E-state index in [1.54, 1.807) is 6.07 Å². The van der Waals surface area contributed by atoms with Crippen LogP contribution in [0.25, 0.3) is 10.9 Å². The van der Waals surface area contributed by atoms with Gasteiger partial charge in [-0.05, 0) is 56.9 Å². The normalized spacial score (nSPS) is 17.9. The lowest BCUT2D eigenvalue weighted by Crippen LogP contribution is -2.51. The highest BCUT2D eigenvalue weighted by molar-refractivity contribution is 6.31. The van der Waals surface area contributed by atoms with E-state index in [0.717, 1.165) is 5.39 Å². The van der Waals surface area contributed by atoms with Gasteiger partial charge in [-0.25, -0.2) is 14.4 Å². The highest BCUT2D eigenvalue weighted by atomic mass is 35.5. The van der Waals surface area contributed by atoms with Gasteiger partial charge in [-0.1, -0.05) is 24.4 Å². The van der Waals surface area contributed by atoms with Gasteiger partial charge in [0, 0.05) is 30.2 Å². The van der Waals surface area contributed by atoms with Crippen molar-refractivity contribution in [2.24, 2.45) is 5.92 Å². The fourth-order valence-electron chi connectivity index (χ4n) is 5.08. The molecule has 8 nitrogen and oxygen atoms in total. The van der Waals surface area contributed by atoms with E-state index in [9.17, 15) is 9.18 Å². The molecule has 0 amide bonds. The Bertz CT molecular complexity index is 1320. The third-order valence-electron chi connectivity index (χ3n) is 6.84. The van der Waals surface area contributed by atoms with Crippen molar-refractivity contribution in [1.29, 1.82) is 0 Å². The highest BCUT2D eigenvalue weighted by Crippen LogP contribution is 2.36. The number of rotatable bonds is 9. The number of nitrogens with zero attached hydrogens (tertiary/aromatic N) is 3. The largest absolute Gasteiger partial charge is 0.489 e. The van der Waals surface area contributed by atoms with Crippen LogP contribution in [0.4, 0.5) is 15.9 Å². The first-order valence-corrected chi connectivity index (χ1v) is 13.3. The second-order valence-electron chi connectivity index (χ2n) is 10.5. The first-order valence-electron chi connectivity index (χ1n) is 13.0. The molecular weight excluding hydrogens is 511 g/mol. The third kappa shape index (κ3) is 6.45. The van der Waals surface area contributed by atoms with Crippen LogP contribution < -0.4 is 14.8 Å². The molecule has 0 atom stereocenters. The lowest BCUT2D eigenvalue weighted by Gasteiger charge is -2.37. The monoisotopic (exact) mass is 542 g/mol. The summed E-state index contributed by atoms with van der Waals surface area (Å²) >= 11 is 5.96. The van der Waals surface area contributed by atoms with Crippen LogP contribution in [-0.4, -0.2) is 59.3 Å². The van der Waals surface area contributed by atoms with Crippen LogP contribution in [0.3, 0.4) is 0 Å². The van der Waals surface area contributed by atoms with Gasteiger partial charge in [-0.3, -0.25) is 9.69 Å². The zero-order valence-electron chi connectivity index (χ0n) is 21.6. The Morgan fingerprint density at radius 2 is 1.95 bits per heavy atom. The van der Waals surface area contributed by atoms with Crippen LogP contribution in [-0.2, 0) is 9.53 Å². The molecule has 1 saturated carbocycles. The number of halogens is 2. The molecule has 1 N–H and O–H groups in total. The van der Waals surface area contributed by atoms with Crippen molar-refractivity contribution in [3.05, 3.63) is 47.5 Å². The number of carbonyl (C=O) groups is 1. The van der Waals surface area contributed by atoms with E-state index >= 15 is 0 Å². The Hall–Kier alpha value is -3.17. The standard InChI is InChI=1S/C28H32ClFN4O4/c1-28(2)16-34(14-26(35)38-28)9-10-36-24-12-20-23(13-25(24)37-15-18-5-3-4-6-18)31-17-32-27(20)33-19-7-8-22(30)21(29)11-19/h7-8,11-13,17-18H,3-6,9-10,14-16H2,1-2H3,(H,31,32,33). The molecule has 1 saturated heterocycles. The van der Waals surface area contributed by atoms with Gasteiger partial charge >= 0.3 is 5.97 Å². The number of hydrogen-bond donors (Lipinski definition) is 1. The van der Waals surface area contributed by atoms with Gasteiger partial charge in [-0.15, -0.1) is 0 Å². The molecule has 5 rings (SSSR count). The molecule has 10 heteroatoms. The molecule has 1 aliphatic carbocycles. The summed E-state index contributed by atoms with van der Waals surface area (Å²) in [6, 6.07) is 8.13. The number of ether oxygens (including phenoxy) is 3. The summed E-state index contributed by atoms with van der Waals surface area (Å²) in [5, 5.41) is 3.94. The molecule has 2 fully saturated rings. The summed E-state index contributed by atoms with van der Waals surface area (Å²) in [6.45, 7) is 6.21. The van der Waals surface area contributed by atoms with Crippen molar-refractivity contribution in [3.63, 3.8) is 0 Å². The van der Waals surface area contributed by atoms with E-state index in [4.69, 9.17) is 25.8 Å². The Morgan fingerprint density at radius 3 is 2.71 bits per heavy atom. The number of anilines is 2. The fraction of sp³-hybridized carbons (Fsp3) is 0.464. The Morgan fingerprint density at radius 1 is 1.16 bits per heavy atom. The maximum absolute atomic E-state index is 13.6. The SMILES string of the molecule is CC1(C)CN(CCOc2cc3c(Nc4ccc(F)c(Cl)c4)ncnc3cc2OCC2CCCC2)CC(=O)O1. The van der Waals surface area contributed by atoms with Crippen LogP contribution in [0.15, 0.2) is 36.7 Å².